The fraction of sp³-hybridized carbons (Fsp3) is 0.160. The Balaban J connectivity index is 1.61. The maximum absolute atomic E-state index is 12.6. The number of hydrogen-bond acceptors (Lipinski definition) is 3. The normalized spacial score (nSPS) is 10.9. The van der Waals surface area contributed by atoms with Crippen molar-refractivity contribution < 1.29 is 9.59 Å². The fourth-order valence-corrected chi connectivity index (χ4v) is 3.58. The average molecular weight is 510 g/mol. The quantitative estimate of drug-likeness (QED) is 0.370. The molecule has 0 aliphatic heterocycles. The lowest BCUT2D eigenvalue weighted by Gasteiger charge is -2.19. The highest BCUT2D eigenvalue weighted by Gasteiger charge is 2.14. The van der Waals surface area contributed by atoms with Gasteiger partial charge in [-0.2, -0.15) is 0 Å². The molecule has 2 amide bonds. The largest absolute Gasteiger partial charge is 0.332 e. The van der Waals surface area contributed by atoms with E-state index in [1.807, 2.05) is 30.3 Å². The van der Waals surface area contributed by atoms with Gasteiger partial charge in [0.15, 0.2) is 5.11 Å². The minimum atomic E-state index is -0.313. The lowest BCUT2D eigenvalue weighted by atomic mass is 9.87. The van der Waals surface area contributed by atoms with Crippen molar-refractivity contribution in [3.8, 4) is 0 Å². The van der Waals surface area contributed by atoms with E-state index in [1.165, 1.54) is 5.56 Å². The molecule has 0 saturated carbocycles. The van der Waals surface area contributed by atoms with Crippen molar-refractivity contribution in [1.82, 2.24) is 5.32 Å². The molecule has 32 heavy (non-hydrogen) atoms. The lowest BCUT2D eigenvalue weighted by Crippen LogP contribution is -2.34. The first-order valence-electron chi connectivity index (χ1n) is 10.0. The zero-order valence-corrected chi connectivity index (χ0v) is 20.4. The molecule has 0 radical (unpaired) electrons. The predicted octanol–water partition coefficient (Wildman–Crippen LogP) is 6.13. The Kier molecular flexibility index (Phi) is 7.43. The van der Waals surface area contributed by atoms with E-state index in [1.54, 1.807) is 42.5 Å². The molecule has 7 heteroatoms. The summed E-state index contributed by atoms with van der Waals surface area (Å²) in [6.07, 6.45) is 0. The molecular formula is C25H24BrN3O2S. The van der Waals surface area contributed by atoms with Crippen LogP contribution in [0, 0.1) is 0 Å². The van der Waals surface area contributed by atoms with Crippen LogP contribution in [0.3, 0.4) is 0 Å². The van der Waals surface area contributed by atoms with Gasteiger partial charge in [0, 0.05) is 27.0 Å². The third-order valence-corrected chi connectivity index (χ3v) is 5.40. The van der Waals surface area contributed by atoms with Crippen LogP contribution in [-0.4, -0.2) is 16.9 Å². The molecule has 0 bridgehead atoms. The van der Waals surface area contributed by atoms with Crippen molar-refractivity contribution in [2.45, 2.75) is 26.2 Å². The summed E-state index contributed by atoms with van der Waals surface area (Å²) in [5.41, 5.74) is 3.51. The second kappa shape index (κ2) is 10.1. The number of carbonyl (C=O) groups is 2. The molecule has 5 nitrogen and oxygen atoms in total. The first-order valence-corrected chi connectivity index (χ1v) is 11.2. The molecule has 0 saturated heterocycles. The highest BCUT2D eigenvalue weighted by molar-refractivity contribution is 9.10. The van der Waals surface area contributed by atoms with E-state index in [9.17, 15) is 9.59 Å². The summed E-state index contributed by atoms with van der Waals surface area (Å²) in [5.74, 6) is -0.514. The summed E-state index contributed by atoms with van der Waals surface area (Å²) < 4.78 is 0.806. The molecule has 164 valence electrons. The Morgan fingerprint density at radius 2 is 1.41 bits per heavy atom. The van der Waals surface area contributed by atoms with Gasteiger partial charge in [-0.05, 0) is 71.7 Å². The summed E-state index contributed by atoms with van der Waals surface area (Å²) in [7, 11) is 0. The Labute approximate surface area is 201 Å². The summed E-state index contributed by atoms with van der Waals surface area (Å²) in [4.78, 5) is 25.0. The van der Waals surface area contributed by atoms with E-state index in [4.69, 9.17) is 12.2 Å². The van der Waals surface area contributed by atoms with Gasteiger partial charge in [-0.25, -0.2) is 0 Å². The van der Waals surface area contributed by atoms with E-state index >= 15 is 0 Å². The fourth-order valence-electron chi connectivity index (χ4n) is 2.97. The number of thiocarbonyl (C=S) groups is 1. The van der Waals surface area contributed by atoms with E-state index < -0.39 is 0 Å². The van der Waals surface area contributed by atoms with E-state index in [0.717, 1.165) is 4.47 Å². The Morgan fingerprint density at radius 3 is 2.03 bits per heavy atom. The monoisotopic (exact) mass is 509 g/mol. The molecule has 0 unspecified atom stereocenters. The molecule has 0 aromatic heterocycles. The maximum Gasteiger partial charge on any atom is 0.257 e. The Morgan fingerprint density at radius 1 is 0.781 bits per heavy atom. The van der Waals surface area contributed by atoms with Crippen LogP contribution < -0.4 is 16.0 Å². The van der Waals surface area contributed by atoms with Gasteiger partial charge < -0.3 is 10.6 Å². The topological polar surface area (TPSA) is 70.2 Å². The SMILES string of the molecule is CC(C)(C)c1ccc(C(=O)Nc2cccc(NC(=S)NC(=O)c3cccc(Br)c3)c2)cc1. The van der Waals surface area contributed by atoms with Crippen LogP contribution in [0.5, 0.6) is 0 Å². The molecule has 3 rings (SSSR count). The highest BCUT2D eigenvalue weighted by atomic mass is 79.9. The van der Waals surface area contributed by atoms with Crippen LogP contribution in [0.15, 0.2) is 77.3 Å². The Hall–Kier alpha value is -3.03. The predicted molar refractivity (Wildman–Crippen MR) is 137 cm³/mol. The van der Waals surface area contributed by atoms with Crippen molar-refractivity contribution in [2.24, 2.45) is 0 Å². The van der Waals surface area contributed by atoms with Crippen molar-refractivity contribution >= 4 is 56.4 Å². The molecule has 0 fully saturated rings. The van der Waals surface area contributed by atoms with Gasteiger partial charge >= 0.3 is 0 Å². The van der Waals surface area contributed by atoms with Crippen LogP contribution in [0.4, 0.5) is 11.4 Å². The summed E-state index contributed by atoms with van der Waals surface area (Å²) >= 11 is 8.60. The maximum atomic E-state index is 12.6. The van der Waals surface area contributed by atoms with Crippen LogP contribution in [-0.2, 0) is 5.41 Å². The van der Waals surface area contributed by atoms with E-state index in [0.29, 0.717) is 22.5 Å². The third-order valence-electron chi connectivity index (χ3n) is 4.71. The molecule has 3 aromatic carbocycles. The second-order valence-corrected chi connectivity index (χ2v) is 9.60. The standard InChI is InChI=1S/C25H24BrN3O2S/c1-25(2,3)18-12-10-16(11-13-18)22(30)27-20-8-5-9-21(15-20)28-24(32)29-23(31)17-6-4-7-19(26)14-17/h4-15H,1-3H3,(H,27,30)(H2,28,29,31,32). The van der Waals surface area contributed by atoms with Gasteiger partial charge in [0.1, 0.15) is 0 Å². The summed E-state index contributed by atoms with van der Waals surface area (Å²) in [6.45, 7) is 6.39. The number of hydrogen-bond donors (Lipinski definition) is 3. The van der Waals surface area contributed by atoms with Crippen LogP contribution in [0.2, 0.25) is 0 Å². The molecule has 0 aliphatic rings. The highest BCUT2D eigenvalue weighted by Crippen LogP contribution is 2.23. The molecule has 3 N–H and O–H groups in total. The Bertz CT molecular complexity index is 1150. The van der Waals surface area contributed by atoms with Crippen molar-refractivity contribution in [3.63, 3.8) is 0 Å². The number of nitrogens with one attached hydrogen (secondary N) is 3. The van der Waals surface area contributed by atoms with Crippen molar-refractivity contribution in [1.29, 1.82) is 0 Å². The van der Waals surface area contributed by atoms with Gasteiger partial charge in [-0.3, -0.25) is 14.9 Å². The molecule has 0 heterocycles. The minimum absolute atomic E-state index is 0.0276. The average Bonchev–Trinajstić information content (AvgIpc) is 2.73. The minimum Gasteiger partial charge on any atom is -0.332 e. The van der Waals surface area contributed by atoms with E-state index in [-0.39, 0.29) is 22.3 Å². The van der Waals surface area contributed by atoms with Gasteiger partial charge in [0.05, 0.1) is 0 Å². The van der Waals surface area contributed by atoms with E-state index in [2.05, 4.69) is 52.7 Å². The number of carbonyl (C=O) groups excluding carboxylic acids is 2. The molecule has 0 spiro atoms. The van der Waals surface area contributed by atoms with Gasteiger partial charge in [-0.1, -0.05) is 61.0 Å². The van der Waals surface area contributed by atoms with Crippen LogP contribution >= 0.6 is 28.1 Å². The number of benzene rings is 3. The van der Waals surface area contributed by atoms with Gasteiger partial charge in [0.2, 0.25) is 0 Å². The first-order chi connectivity index (χ1) is 15.1. The third kappa shape index (κ3) is 6.48. The molecular weight excluding hydrogens is 486 g/mol. The molecule has 0 atom stereocenters. The van der Waals surface area contributed by atoms with Gasteiger partial charge in [0.25, 0.3) is 11.8 Å². The molecule has 0 aliphatic carbocycles. The van der Waals surface area contributed by atoms with Crippen molar-refractivity contribution in [3.05, 3.63) is 94.0 Å². The summed E-state index contributed by atoms with van der Waals surface area (Å²) in [6, 6.07) is 21.7. The first kappa shape index (κ1) is 23.6. The van der Waals surface area contributed by atoms with Gasteiger partial charge in [-0.15, -0.1) is 0 Å². The zero-order valence-electron chi connectivity index (χ0n) is 18.0. The lowest BCUT2D eigenvalue weighted by molar-refractivity contribution is 0.0976. The number of anilines is 2. The summed E-state index contributed by atoms with van der Waals surface area (Å²) in [5, 5.41) is 8.67. The number of rotatable bonds is 4. The van der Waals surface area contributed by atoms with Crippen LogP contribution in [0.1, 0.15) is 47.1 Å². The van der Waals surface area contributed by atoms with Crippen LogP contribution in [0.25, 0.3) is 0 Å². The van der Waals surface area contributed by atoms with Crippen molar-refractivity contribution in [2.75, 3.05) is 10.6 Å². The zero-order chi connectivity index (χ0) is 23.3. The number of halogens is 1. The smallest absolute Gasteiger partial charge is 0.257 e. The second-order valence-electron chi connectivity index (χ2n) is 8.28. The number of amides is 2. The molecule has 3 aromatic rings.